The Labute approximate surface area is 203 Å². The van der Waals surface area contributed by atoms with Crippen LogP contribution < -0.4 is 0 Å². The summed E-state index contributed by atoms with van der Waals surface area (Å²) in [6.07, 6.45) is 3.87. The van der Waals surface area contributed by atoms with Gasteiger partial charge < -0.3 is 14.7 Å². The molecule has 6 nitrogen and oxygen atoms in total. The summed E-state index contributed by atoms with van der Waals surface area (Å²) in [6, 6.07) is 23.8. The number of nitriles is 1. The van der Waals surface area contributed by atoms with Crippen LogP contribution in [0.4, 0.5) is 0 Å². The van der Waals surface area contributed by atoms with E-state index in [4.69, 9.17) is 0 Å². The molecule has 0 spiro atoms. The van der Waals surface area contributed by atoms with Crippen LogP contribution in [0.2, 0.25) is 0 Å². The van der Waals surface area contributed by atoms with Crippen LogP contribution in [0.5, 0.6) is 0 Å². The van der Waals surface area contributed by atoms with Crippen molar-refractivity contribution in [1.82, 2.24) is 19.6 Å². The Morgan fingerprint density at radius 3 is 1.97 bits per heavy atom. The Hall–Kier alpha value is -3.14. The molecule has 2 aromatic rings. The highest BCUT2D eigenvalue weighted by atomic mass is 16.2. The molecule has 0 N–H and O–H groups in total. The molecule has 0 radical (unpaired) electrons. The van der Waals surface area contributed by atoms with E-state index in [0.29, 0.717) is 19.1 Å². The van der Waals surface area contributed by atoms with Crippen LogP contribution in [0.3, 0.4) is 0 Å². The van der Waals surface area contributed by atoms with E-state index in [1.54, 1.807) is 6.20 Å². The van der Waals surface area contributed by atoms with Crippen molar-refractivity contribution >= 4 is 5.91 Å². The fourth-order valence-corrected chi connectivity index (χ4v) is 5.08. The minimum atomic E-state index is -0.155. The first-order valence-corrected chi connectivity index (χ1v) is 12.2. The van der Waals surface area contributed by atoms with Gasteiger partial charge in [-0.1, -0.05) is 60.7 Å². The summed E-state index contributed by atoms with van der Waals surface area (Å²) in [5, 5.41) is 9.74. The summed E-state index contributed by atoms with van der Waals surface area (Å²) in [4.78, 5) is 21.9. The quantitative estimate of drug-likeness (QED) is 0.492. The van der Waals surface area contributed by atoms with Crippen molar-refractivity contribution in [3.63, 3.8) is 0 Å². The molecular weight excluding hydrogens is 422 g/mol. The molecule has 2 fully saturated rings. The number of hydrogen-bond acceptors (Lipinski definition) is 5. The summed E-state index contributed by atoms with van der Waals surface area (Å²) in [5.41, 5.74) is 2.74. The zero-order valence-corrected chi connectivity index (χ0v) is 20.3. The maximum absolute atomic E-state index is 13.2. The zero-order chi connectivity index (χ0) is 23.9. The largest absolute Gasteiger partial charge is 0.376 e. The van der Waals surface area contributed by atoms with Gasteiger partial charge in [0, 0.05) is 45.5 Å². The van der Waals surface area contributed by atoms with Crippen molar-refractivity contribution in [2.75, 3.05) is 53.4 Å². The third kappa shape index (κ3) is 5.67. The van der Waals surface area contributed by atoms with Crippen LogP contribution >= 0.6 is 0 Å². The number of carbonyl (C=O) groups excluding carboxylic acids is 1. The van der Waals surface area contributed by atoms with Crippen molar-refractivity contribution in [1.29, 1.82) is 5.26 Å². The number of nitrogens with zero attached hydrogens (tertiary/aromatic N) is 5. The molecule has 4 rings (SSSR count). The van der Waals surface area contributed by atoms with Crippen LogP contribution in [0.1, 0.15) is 30.0 Å². The topological polar surface area (TPSA) is 53.8 Å². The van der Waals surface area contributed by atoms with E-state index in [9.17, 15) is 10.1 Å². The summed E-state index contributed by atoms with van der Waals surface area (Å²) in [7, 11) is 4.12. The monoisotopic (exact) mass is 457 g/mol. The van der Waals surface area contributed by atoms with Crippen molar-refractivity contribution < 1.29 is 4.79 Å². The van der Waals surface area contributed by atoms with Crippen molar-refractivity contribution in [2.24, 2.45) is 0 Å². The molecule has 2 aliphatic heterocycles. The molecule has 0 saturated carbocycles. The van der Waals surface area contributed by atoms with Gasteiger partial charge in [-0.25, -0.2) is 0 Å². The van der Waals surface area contributed by atoms with Gasteiger partial charge in [0.15, 0.2) is 0 Å². The molecule has 2 aliphatic rings. The molecule has 2 aromatic carbocycles. The lowest BCUT2D eigenvalue weighted by Crippen LogP contribution is -2.50. The van der Waals surface area contributed by atoms with E-state index >= 15 is 0 Å². The molecule has 6 heteroatoms. The number of likely N-dealkylation sites (tertiary alicyclic amines) is 1. The Balaban J connectivity index is 1.42. The van der Waals surface area contributed by atoms with Gasteiger partial charge in [-0.15, -0.1) is 0 Å². The highest BCUT2D eigenvalue weighted by molar-refractivity contribution is 5.97. The average Bonchev–Trinajstić information content (AvgIpc) is 2.89. The van der Waals surface area contributed by atoms with Crippen LogP contribution in [0, 0.1) is 11.3 Å². The van der Waals surface area contributed by atoms with Crippen molar-refractivity contribution in [2.45, 2.75) is 24.9 Å². The van der Waals surface area contributed by atoms with E-state index in [2.05, 4.69) is 76.3 Å². The highest BCUT2D eigenvalue weighted by Crippen LogP contribution is 2.29. The highest BCUT2D eigenvalue weighted by Gasteiger charge is 2.30. The molecule has 0 aromatic heterocycles. The third-order valence-electron chi connectivity index (χ3n) is 7.14. The molecule has 2 saturated heterocycles. The molecular formula is C28H35N5O. The van der Waals surface area contributed by atoms with E-state index in [1.165, 1.54) is 11.1 Å². The second kappa shape index (κ2) is 11.3. The van der Waals surface area contributed by atoms with Gasteiger partial charge in [-0.05, 0) is 44.1 Å². The van der Waals surface area contributed by atoms with Gasteiger partial charge in [0.25, 0.3) is 5.91 Å². The van der Waals surface area contributed by atoms with E-state index in [-0.39, 0.29) is 17.5 Å². The maximum atomic E-state index is 13.2. The van der Waals surface area contributed by atoms with Gasteiger partial charge in [0.1, 0.15) is 11.6 Å². The first-order chi connectivity index (χ1) is 16.6. The molecule has 0 atom stereocenters. The smallest absolute Gasteiger partial charge is 0.266 e. The number of benzene rings is 2. The van der Waals surface area contributed by atoms with Crippen LogP contribution in [0.15, 0.2) is 72.4 Å². The lowest BCUT2D eigenvalue weighted by Gasteiger charge is -2.40. The van der Waals surface area contributed by atoms with Gasteiger partial charge in [0.05, 0.1) is 6.04 Å². The summed E-state index contributed by atoms with van der Waals surface area (Å²) in [6.45, 7) is 4.86. The number of rotatable bonds is 6. The lowest BCUT2D eigenvalue weighted by atomic mass is 9.96. The molecule has 178 valence electrons. The average molecular weight is 458 g/mol. The predicted molar refractivity (Wildman–Crippen MR) is 135 cm³/mol. The van der Waals surface area contributed by atoms with Crippen LogP contribution in [0.25, 0.3) is 0 Å². The van der Waals surface area contributed by atoms with E-state index in [1.807, 2.05) is 24.1 Å². The van der Waals surface area contributed by atoms with Gasteiger partial charge in [-0.2, -0.15) is 5.26 Å². The number of piperidine rings is 1. The predicted octanol–water partition coefficient (Wildman–Crippen LogP) is 3.35. The Kier molecular flexibility index (Phi) is 7.99. The number of piperazine rings is 1. The van der Waals surface area contributed by atoms with Gasteiger partial charge in [0.2, 0.25) is 0 Å². The number of hydrogen-bond donors (Lipinski definition) is 0. The van der Waals surface area contributed by atoms with Crippen molar-refractivity contribution in [3.8, 4) is 6.07 Å². The number of amides is 1. The Morgan fingerprint density at radius 2 is 1.47 bits per heavy atom. The standard InChI is InChI=1S/C28H35N5O/c1-30-15-13-26(14-16-30)31(2)22-25(21-29)28(34)33-19-17-32(18-20-33)27(23-9-5-3-6-10-23)24-11-7-4-8-12-24/h3-12,22,26-27H,13-20H2,1-2H3/b25-22-. The van der Waals surface area contributed by atoms with Gasteiger partial charge >= 0.3 is 0 Å². The third-order valence-corrected chi connectivity index (χ3v) is 7.14. The van der Waals surface area contributed by atoms with E-state index in [0.717, 1.165) is 39.0 Å². The SMILES string of the molecule is CN1CCC(N(C)/C=C(/C#N)C(=O)N2CCN(C(c3ccccc3)c3ccccc3)CC2)CC1. The fraction of sp³-hybridized carbons (Fsp3) is 0.429. The molecule has 0 aliphatic carbocycles. The summed E-state index contributed by atoms with van der Waals surface area (Å²) in [5.74, 6) is -0.155. The Morgan fingerprint density at radius 1 is 0.941 bits per heavy atom. The second-order valence-corrected chi connectivity index (χ2v) is 9.41. The Bertz CT molecular complexity index is 961. The molecule has 34 heavy (non-hydrogen) atoms. The normalized spacial score (nSPS) is 18.6. The summed E-state index contributed by atoms with van der Waals surface area (Å²) < 4.78 is 0. The molecule has 0 bridgehead atoms. The van der Waals surface area contributed by atoms with Crippen LogP contribution in [-0.2, 0) is 4.79 Å². The molecule has 0 unspecified atom stereocenters. The van der Waals surface area contributed by atoms with Crippen molar-refractivity contribution in [3.05, 3.63) is 83.6 Å². The maximum Gasteiger partial charge on any atom is 0.266 e. The molecule has 1 amide bonds. The molecule has 2 heterocycles. The minimum Gasteiger partial charge on any atom is -0.376 e. The first kappa shape index (κ1) is 24.0. The summed E-state index contributed by atoms with van der Waals surface area (Å²) >= 11 is 0. The lowest BCUT2D eigenvalue weighted by molar-refractivity contribution is -0.128. The fourth-order valence-electron chi connectivity index (χ4n) is 5.08. The first-order valence-electron chi connectivity index (χ1n) is 12.2. The van der Waals surface area contributed by atoms with Crippen LogP contribution in [-0.4, -0.2) is 84.9 Å². The minimum absolute atomic E-state index is 0.154. The zero-order valence-electron chi connectivity index (χ0n) is 20.3. The second-order valence-electron chi connectivity index (χ2n) is 9.41. The number of carbonyl (C=O) groups is 1. The van der Waals surface area contributed by atoms with E-state index < -0.39 is 0 Å². The van der Waals surface area contributed by atoms with Gasteiger partial charge in [-0.3, -0.25) is 9.69 Å².